The summed E-state index contributed by atoms with van der Waals surface area (Å²) in [5, 5.41) is 24.2. The average molecular weight is 957 g/mol. The van der Waals surface area contributed by atoms with Gasteiger partial charge in [-0.3, -0.25) is 0 Å². The molecule has 0 saturated heterocycles. The van der Waals surface area contributed by atoms with Crippen LogP contribution < -0.4 is 0 Å². The van der Waals surface area contributed by atoms with Crippen molar-refractivity contribution in [2.45, 2.75) is 13.8 Å². The van der Waals surface area contributed by atoms with E-state index in [1.165, 1.54) is 11.1 Å². The number of para-hydroxylation sites is 8. The third kappa shape index (κ3) is 5.56. The van der Waals surface area contributed by atoms with E-state index >= 15 is 0 Å². The minimum atomic E-state index is 0.540. The van der Waals surface area contributed by atoms with Crippen LogP contribution in [-0.2, 0) is 0 Å². The van der Waals surface area contributed by atoms with E-state index in [-0.39, 0.29) is 0 Å². The van der Waals surface area contributed by atoms with Crippen LogP contribution in [0.15, 0.2) is 231 Å². The molecule has 0 bridgehead atoms. The highest BCUT2D eigenvalue weighted by Crippen LogP contribution is 2.51. The molecule has 5 aromatic heterocycles. The van der Waals surface area contributed by atoms with Crippen molar-refractivity contribution in [3.8, 4) is 34.5 Å². The first-order chi connectivity index (χ1) is 37.1. The summed E-state index contributed by atoms with van der Waals surface area (Å²) < 4.78 is 12.3. The van der Waals surface area contributed by atoms with Crippen LogP contribution in [0.25, 0.3) is 137 Å². The van der Waals surface area contributed by atoms with Gasteiger partial charge in [0.25, 0.3) is 0 Å². The number of aromatic nitrogens is 5. The van der Waals surface area contributed by atoms with E-state index in [2.05, 4.69) is 273 Å². The highest BCUT2D eigenvalue weighted by Gasteiger charge is 2.36. The number of benzene rings is 11. The molecule has 0 aliphatic rings. The summed E-state index contributed by atoms with van der Waals surface area (Å²) in [4.78, 5) is 0. The highest BCUT2D eigenvalue weighted by atomic mass is 15.2. The molecular weight excluding hydrogens is 913 g/mol. The van der Waals surface area contributed by atoms with Crippen LogP contribution in [0.2, 0.25) is 0 Å². The monoisotopic (exact) mass is 956 g/mol. The van der Waals surface area contributed by atoms with Crippen molar-refractivity contribution in [1.82, 2.24) is 22.8 Å². The lowest BCUT2D eigenvalue weighted by molar-refractivity contribution is 0.992. The number of aryl methyl sites for hydroxylation is 2. The van der Waals surface area contributed by atoms with Crippen LogP contribution in [-0.4, -0.2) is 22.8 Å². The molecule has 0 N–H and O–H groups in total. The zero-order valence-electron chi connectivity index (χ0n) is 41.1. The number of fused-ring (bicyclic) bond motifs is 15. The van der Waals surface area contributed by atoms with E-state index in [9.17, 15) is 5.26 Å². The number of hydrogen-bond acceptors (Lipinski definition) is 1. The van der Waals surface area contributed by atoms with Crippen LogP contribution in [0.4, 0.5) is 0 Å². The molecule has 0 fully saturated rings. The zero-order chi connectivity index (χ0) is 49.6. The Hall–Kier alpha value is -10.1. The molecule has 0 radical (unpaired) electrons. The molecule has 0 spiro atoms. The van der Waals surface area contributed by atoms with Gasteiger partial charge >= 0.3 is 0 Å². The minimum Gasteiger partial charge on any atom is -0.306 e. The first-order valence-electron chi connectivity index (χ1n) is 25.7. The molecule has 6 nitrogen and oxygen atoms in total. The Morgan fingerprint density at radius 3 is 0.693 bits per heavy atom. The van der Waals surface area contributed by atoms with Crippen LogP contribution in [0.5, 0.6) is 0 Å². The van der Waals surface area contributed by atoms with E-state index in [1.54, 1.807) is 0 Å². The van der Waals surface area contributed by atoms with Crippen LogP contribution in [0, 0.1) is 25.2 Å². The van der Waals surface area contributed by atoms with Gasteiger partial charge in [0.05, 0.1) is 83.6 Å². The Kier molecular flexibility index (Phi) is 8.56. The van der Waals surface area contributed by atoms with Gasteiger partial charge in [0.15, 0.2) is 0 Å². The summed E-state index contributed by atoms with van der Waals surface area (Å²) in [5.74, 6) is 0. The van der Waals surface area contributed by atoms with Gasteiger partial charge in [-0.1, -0.05) is 169 Å². The van der Waals surface area contributed by atoms with Crippen molar-refractivity contribution in [3.63, 3.8) is 0 Å². The van der Waals surface area contributed by atoms with Crippen LogP contribution in [0.3, 0.4) is 0 Å². The van der Waals surface area contributed by atoms with Crippen molar-refractivity contribution in [1.29, 1.82) is 5.26 Å². The second kappa shape index (κ2) is 15.5. The molecule has 0 amide bonds. The summed E-state index contributed by atoms with van der Waals surface area (Å²) in [6.07, 6.45) is 0. The third-order valence-electron chi connectivity index (χ3n) is 16.0. The second-order valence-electron chi connectivity index (χ2n) is 20.1. The maximum Gasteiger partial charge on any atom is 0.105 e. The third-order valence-corrected chi connectivity index (χ3v) is 16.0. The smallest absolute Gasteiger partial charge is 0.105 e. The van der Waals surface area contributed by atoms with Gasteiger partial charge in [-0.25, -0.2) is 0 Å². The average Bonchev–Trinajstić information content (AvgIpc) is 4.26. The molecule has 0 atom stereocenters. The molecule has 0 aliphatic carbocycles. The Labute approximate surface area is 430 Å². The number of rotatable bonds is 5. The first kappa shape index (κ1) is 41.5. The largest absolute Gasteiger partial charge is 0.306 e. The topological polar surface area (TPSA) is 48.4 Å². The first-order valence-corrected chi connectivity index (χ1v) is 25.7. The van der Waals surface area contributed by atoms with E-state index in [0.717, 1.165) is 137 Å². The molecule has 350 valence electrons. The summed E-state index contributed by atoms with van der Waals surface area (Å²) in [6, 6.07) is 86.8. The predicted octanol–water partition coefficient (Wildman–Crippen LogP) is 17.7. The summed E-state index contributed by atoms with van der Waals surface area (Å²) >= 11 is 0. The number of hydrogen-bond donors (Lipinski definition) is 0. The maximum atomic E-state index is 12.9. The zero-order valence-corrected chi connectivity index (χ0v) is 41.1. The fourth-order valence-electron chi connectivity index (χ4n) is 13.0. The molecule has 0 aliphatic heterocycles. The van der Waals surface area contributed by atoms with E-state index in [1.807, 2.05) is 0 Å². The predicted molar refractivity (Wildman–Crippen MR) is 312 cm³/mol. The van der Waals surface area contributed by atoms with Crippen molar-refractivity contribution < 1.29 is 0 Å². The van der Waals surface area contributed by atoms with Gasteiger partial charge in [-0.05, 0) is 86.6 Å². The maximum absolute atomic E-state index is 12.9. The van der Waals surface area contributed by atoms with Gasteiger partial charge in [-0.15, -0.1) is 0 Å². The standard InChI is InChI=1S/C69H44N6/c1-42-35-37-63-52(39-42)50-25-9-17-33-61(50)74(63)67-65(71-55-27-11-3-19-44(55)45-20-4-12-28-56(45)71)54(41-70)66(72-57-29-13-5-21-46(57)47-22-6-14-30-58(47)72)68(75-62-34-18-10-26-51(62)53-40-43(2)36-38-64(53)75)69(67)73-59-31-15-7-23-48(59)49-24-8-16-32-60(49)73/h3-40H,1-2H3. The van der Waals surface area contributed by atoms with E-state index in [0.29, 0.717) is 5.56 Å². The molecule has 0 saturated carbocycles. The van der Waals surface area contributed by atoms with Crippen molar-refractivity contribution >= 4 is 109 Å². The molecule has 6 heteroatoms. The SMILES string of the molecule is Cc1ccc2c(c1)c1ccccc1n2-c1c(-n2c3ccccc3c3ccccc32)c(C#N)c(-n2c3ccccc3c3ccccc32)c(-n2c3ccccc3c3cc(C)ccc32)c1-n1c2ccccc2c2ccccc21. The normalized spacial score (nSPS) is 12.1. The minimum absolute atomic E-state index is 0.540. The number of nitrogens with zero attached hydrogens (tertiary/aromatic N) is 6. The van der Waals surface area contributed by atoms with Gasteiger partial charge < -0.3 is 22.8 Å². The molecule has 16 aromatic rings. The van der Waals surface area contributed by atoms with Crippen LogP contribution in [0.1, 0.15) is 16.7 Å². The number of nitriles is 1. The Morgan fingerprint density at radius 1 is 0.240 bits per heavy atom. The fourth-order valence-corrected chi connectivity index (χ4v) is 13.0. The van der Waals surface area contributed by atoms with E-state index < -0.39 is 0 Å². The van der Waals surface area contributed by atoms with E-state index in [4.69, 9.17) is 0 Å². The quantitative estimate of drug-likeness (QED) is 0.170. The molecule has 11 aromatic carbocycles. The lowest BCUT2D eigenvalue weighted by Crippen LogP contribution is -2.18. The van der Waals surface area contributed by atoms with Gasteiger partial charge in [-0.2, -0.15) is 5.26 Å². The molecule has 5 heterocycles. The Bertz CT molecular complexity index is 4760. The van der Waals surface area contributed by atoms with Crippen molar-refractivity contribution in [2.75, 3.05) is 0 Å². The molecule has 16 rings (SSSR count). The lowest BCUT2D eigenvalue weighted by Gasteiger charge is -2.30. The highest BCUT2D eigenvalue weighted by molar-refractivity contribution is 6.18. The fraction of sp³-hybridized carbons (Fsp3) is 0.0290. The summed E-state index contributed by atoms with van der Waals surface area (Å²) in [6.45, 7) is 4.35. The van der Waals surface area contributed by atoms with Gasteiger partial charge in [0.2, 0.25) is 0 Å². The lowest BCUT2D eigenvalue weighted by atomic mass is 10.0. The van der Waals surface area contributed by atoms with Crippen molar-refractivity contribution in [2.24, 2.45) is 0 Å². The van der Waals surface area contributed by atoms with Gasteiger partial charge in [0, 0.05) is 53.9 Å². The summed E-state index contributed by atoms with van der Waals surface area (Å²) in [5.41, 5.74) is 17.5. The molecular formula is C69H44N6. The van der Waals surface area contributed by atoms with Crippen molar-refractivity contribution in [3.05, 3.63) is 247 Å². The molecule has 0 unspecified atom stereocenters. The Balaban J connectivity index is 1.31. The Morgan fingerprint density at radius 2 is 0.440 bits per heavy atom. The van der Waals surface area contributed by atoms with Crippen LogP contribution >= 0.6 is 0 Å². The molecule has 75 heavy (non-hydrogen) atoms. The van der Waals surface area contributed by atoms with Gasteiger partial charge in [0.1, 0.15) is 11.6 Å². The summed E-state index contributed by atoms with van der Waals surface area (Å²) in [7, 11) is 0. The second-order valence-corrected chi connectivity index (χ2v) is 20.1.